The molecule has 2 heterocycles. The zero-order chi connectivity index (χ0) is 13.7. The third-order valence-corrected chi connectivity index (χ3v) is 2.79. The van der Waals surface area contributed by atoms with E-state index in [1.165, 1.54) is 6.33 Å². The molecular weight excluding hydrogens is 242 g/mol. The lowest BCUT2D eigenvalue weighted by Gasteiger charge is -2.14. The molecule has 0 amide bonds. The summed E-state index contributed by atoms with van der Waals surface area (Å²) in [6.45, 7) is 5.01. The summed E-state index contributed by atoms with van der Waals surface area (Å²) in [4.78, 5) is 12.9. The second kappa shape index (κ2) is 6.17. The van der Waals surface area contributed by atoms with E-state index in [0.717, 1.165) is 25.2 Å². The van der Waals surface area contributed by atoms with Crippen molar-refractivity contribution in [3.05, 3.63) is 24.5 Å². The van der Waals surface area contributed by atoms with E-state index in [1.54, 1.807) is 13.3 Å². The van der Waals surface area contributed by atoms with Gasteiger partial charge in [0.25, 0.3) is 0 Å². The van der Waals surface area contributed by atoms with Crippen molar-refractivity contribution in [2.75, 3.05) is 19.0 Å². The van der Waals surface area contributed by atoms with Gasteiger partial charge in [0.15, 0.2) is 11.6 Å². The molecule has 0 spiro atoms. The summed E-state index contributed by atoms with van der Waals surface area (Å²) in [7, 11) is 1.63. The lowest BCUT2D eigenvalue weighted by atomic mass is 10.4. The first-order valence-corrected chi connectivity index (χ1v) is 6.47. The SMILES string of the molecule is CCCNc1ncnc(-n2ccnc2CC)c1OC. The molecule has 2 aromatic heterocycles. The van der Waals surface area contributed by atoms with Crippen LogP contribution in [0.4, 0.5) is 5.82 Å². The molecule has 0 saturated carbocycles. The fraction of sp³-hybridized carbons (Fsp3) is 0.462. The third-order valence-electron chi connectivity index (χ3n) is 2.79. The first kappa shape index (κ1) is 13.3. The second-order valence-electron chi connectivity index (χ2n) is 4.07. The van der Waals surface area contributed by atoms with Gasteiger partial charge < -0.3 is 10.1 Å². The Labute approximate surface area is 112 Å². The maximum absolute atomic E-state index is 5.46. The molecule has 102 valence electrons. The maximum Gasteiger partial charge on any atom is 0.205 e. The van der Waals surface area contributed by atoms with Gasteiger partial charge in [-0.1, -0.05) is 13.8 Å². The molecule has 6 heteroatoms. The first-order valence-electron chi connectivity index (χ1n) is 6.47. The molecule has 1 N–H and O–H groups in total. The second-order valence-corrected chi connectivity index (χ2v) is 4.07. The number of nitrogens with zero attached hydrogens (tertiary/aromatic N) is 4. The van der Waals surface area contributed by atoms with Crippen LogP contribution >= 0.6 is 0 Å². The van der Waals surface area contributed by atoms with E-state index in [-0.39, 0.29) is 0 Å². The van der Waals surface area contributed by atoms with Gasteiger partial charge >= 0.3 is 0 Å². The summed E-state index contributed by atoms with van der Waals surface area (Å²) < 4.78 is 7.39. The molecule has 2 aromatic rings. The third kappa shape index (κ3) is 2.67. The van der Waals surface area contributed by atoms with Gasteiger partial charge in [-0.3, -0.25) is 4.57 Å². The monoisotopic (exact) mass is 261 g/mol. The van der Waals surface area contributed by atoms with Crippen LogP contribution in [0.15, 0.2) is 18.7 Å². The Kier molecular flexibility index (Phi) is 4.33. The molecule has 0 bridgehead atoms. The molecule has 2 rings (SSSR count). The van der Waals surface area contributed by atoms with Crippen LogP contribution in [-0.2, 0) is 6.42 Å². The summed E-state index contributed by atoms with van der Waals surface area (Å²) >= 11 is 0. The number of ether oxygens (including phenoxy) is 1. The number of hydrogen-bond donors (Lipinski definition) is 1. The van der Waals surface area contributed by atoms with E-state index in [1.807, 2.05) is 10.8 Å². The summed E-state index contributed by atoms with van der Waals surface area (Å²) in [5.74, 6) is 3.01. The van der Waals surface area contributed by atoms with E-state index in [4.69, 9.17) is 4.74 Å². The van der Waals surface area contributed by atoms with Crippen LogP contribution < -0.4 is 10.1 Å². The number of methoxy groups -OCH3 is 1. The van der Waals surface area contributed by atoms with Gasteiger partial charge in [-0.25, -0.2) is 15.0 Å². The van der Waals surface area contributed by atoms with Gasteiger partial charge in [0.2, 0.25) is 5.75 Å². The highest BCUT2D eigenvalue weighted by Gasteiger charge is 2.15. The van der Waals surface area contributed by atoms with Crippen molar-refractivity contribution in [2.45, 2.75) is 26.7 Å². The fourth-order valence-corrected chi connectivity index (χ4v) is 1.88. The molecule has 0 radical (unpaired) electrons. The summed E-state index contributed by atoms with van der Waals surface area (Å²) in [5, 5.41) is 3.24. The lowest BCUT2D eigenvalue weighted by molar-refractivity contribution is 0.410. The Bertz CT molecular complexity index is 538. The highest BCUT2D eigenvalue weighted by atomic mass is 16.5. The number of hydrogen-bond acceptors (Lipinski definition) is 5. The molecule has 0 saturated heterocycles. The molecule has 0 fully saturated rings. The van der Waals surface area contributed by atoms with Gasteiger partial charge in [0, 0.05) is 25.4 Å². The minimum Gasteiger partial charge on any atom is -0.490 e. The standard InChI is InChI=1S/C13H19N5O/c1-4-6-15-12-11(19-3)13(17-9-16-12)18-8-7-14-10(18)5-2/h7-9H,4-6H2,1-3H3,(H,15,16,17). The van der Waals surface area contributed by atoms with Crippen LogP contribution in [0.25, 0.3) is 5.82 Å². The highest BCUT2D eigenvalue weighted by Crippen LogP contribution is 2.28. The molecule has 0 aliphatic rings. The quantitative estimate of drug-likeness (QED) is 0.862. The molecular formula is C13H19N5O. The molecule has 0 atom stereocenters. The predicted molar refractivity (Wildman–Crippen MR) is 73.9 cm³/mol. The zero-order valence-electron chi connectivity index (χ0n) is 11.6. The maximum atomic E-state index is 5.46. The molecule has 19 heavy (non-hydrogen) atoms. The largest absolute Gasteiger partial charge is 0.490 e. The Hall–Kier alpha value is -2.11. The van der Waals surface area contributed by atoms with Crippen LogP contribution in [0.3, 0.4) is 0 Å². The number of aryl methyl sites for hydroxylation is 1. The van der Waals surface area contributed by atoms with Gasteiger partial charge in [0.1, 0.15) is 12.2 Å². The highest BCUT2D eigenvalue weighted by molar-refractivity contribution is 5.58. The lowest BCUT2D eigenvalue weighted by Crippen LogP contribution is -2.09. The van der Waals surface area contributed by atoms with Crippen LogP contribution in [0.2, 0.25) is 0 Å². The van der Waals surface area contributed by atoms with Crippen molar-refractivity contribution in [2.24, 2.45) is 0 Å². The van der Waals surface area contributed by atoms with E-state index in [2.05, 4.69) is 34.1 Å². The van der Waals surface area contributed by atoms with Gasteiger partial charge in [-0.05, 0) is 6.42 Å². The van der Waals surface area contributed by atoms with Crippen LogP contribution in [0.1, 0.15) is 26.1 Å². The van der Waals surface area contributed by atoms with Crippen molar-refractivity contribution < 1.29 is 4.74 Å². The molecule has 0 aliphatic heterocycles. The number of anilines is 1. The van der Waals surface area contributed by atoms with Crippen molar-refractivity contribution in [3.8, 4) is 11.6 Å². The van der Waals surface area contributed by atoms with Crippen LogP contribution in [0.5, 0.6) is 5.75 Å². The number of rotatable bonds is 6. The van der Waals surface area contributed by atoms with Gasteiger partial charge in [0.05, 0.1) is 7.11 Å². The number of nitrogens with one attached hydrogen (secondary N) is 1. The normalized spacial score (nSPS) is 10.5. The van der Waals surface area contributed by atoms with Crippen molar-refractivity contribution >= 4 is 5.82 Å². The average molecular weight is 261 g/mol. The van der Waals surface area contributed by atoms with E-state index >= 15 is 0 Å². The van der Waals surface area contributed by atoms with Crippen LogP contribution in [-0.4, -0.2) is 33.2 Å². The molecule has 0 unspecified atom stereocenters. The topological polar surface area (TPSA) is 64.9 Å². The zero-order valence-corrected chi connectivity index (χ0v) is 11.6. The van der Waals surface area contributed by atoms with E-state index < -0.39 is 0 Å². The Balaban J connectivity index is 2.45. The van der Waals surface area contributed by atoms with E-state index in [9.17, 15) is 0 Å². The first-order chi connectivity index (χ1) is 9.31. The van der Waals surface area contributed by atoms with Crippen molar-refractivity contribution in [3.63, 3.8) is 0 Å². The van der Waals surface area contributed by atoms with E-state index in [0.29, 0.717) is 17.4 Å². The molecule has 0 aromatic carbocycles. The van der Waals surface area contributed by atoms with Crippen molar-refractivity contribution in [1.82, 2.24) is 19.5 Å². The summed E-state index contributed by atoms with van der Waals surface area (Å²) in [6.07, 6.45) is 7.04. The smallest absolute Gasteiger partial charge is 0.205 e. The number of aromatic nitrogens is 4. The minimum atomic E-state index is 0.642. The van der Waals surface area contributed by atoms with Crippen molar-refractivity contribution in [1.29, 1.82) is 0 Å². The molecule has 0 aliphatic carbocycles. The fourth-order valence-electron chi connectivity index (χ4n) is 1.88. The summed E-state index contributed by atoms with van der Waals surface area (Å²) in [6, 6.07) is 0. The Morgan fingerprint density at radius 3 is 2.79 bits per heavy atom. The average Bonchev–Trinajstić information content (AvgIpc) is 2.92. The minimum absolute atomic E-state index is 0.642. The predicted octanol–water partition coefficient (Wildman–Crippen LogP) is 2.06. The summed E-state index contributed by atoms with van der Waals surface area (Å²) in [5.41, 5.74) is 0. The Morgan fingerprint density at radius 2 is 2.11 bits per heavy atom. The van der Waals surface area contributed by atoms with Gasteiger partial charge in [-0.2, -0.15) is 0 Å². The Morgan fingerprint density at radius 1 is 1.26 bits per heavy atom. The molecule has 6 nitrogen and oxygen atoms in total. The number of imidazole rings is 1. The van der Waals surface area contributed by atoms with Crippen LogP contribution in [0, 0.1) is 0 Å². The van der Waals surface area contributed by atoms with Gasteiger partial charge in [-0.15, -0.1) is 0 Å².